The van der Waals surface area contributed by atoms with Crippen LogP contribution in [0.1, 0.15) is 37.6 Å². The Morgan fingerprint density at radius 2 is 1.91 bits per heavy atom. The van der Waals surface area contributed by atoms with Crippen LogP contribution < -0.4 is 4.90 Å². The molecule has 0 unspecified atom stereocenters. The zero-order valence-corrected chi connectivity index (χ0v) is 18.6. The van der Waals surface area contributed by atoms with Crippen LogP contribution in [0.25, 0.3) is 0 Å². The molecule has 4 rings (SSSR count). The van der Waals surface area contributed by atoms with Crippen LogP contribution in [-0.2, 0) is 30.5 Å². The van der Waals surface area contributed by atoms with E-state index in [1.807, 2.05) is 41.4 Å². The summed E-state index contributed by atoms with van der Waals surface area (Å²) in [4.78, 5) is 23.1. The highest BCUT2D eigenvalue weighted by Crippen LogP contribution is 2.30. The minimum absolute atomic E-state index is 0.0648. The Kier molecular flexibility index (Phi) is 6.15. The molecule has 174 valence electrons. The fourth-order valence-corrected chi connectivity index (χ4v) is 4.60. The Bertz CT molecular complexity index is 946. The summed E-state index contributed by atoms with van der Waals surface area (Å²) in [7, 11) is 0. The fourth-order valence-electron chi connectivity index (χ4n) is 4.60. The number of nitrogens with zero attached hydrogens (tertiary/aromatic N) is 6. The number of amides is 1. The number of alkyl halides is 3. The fraction of sp³-hybridized carbons (Fsp3) is 0.591. The van der Waals surface area contributed by atoms with Crippen molar-refractivity contribution in [3.8, 4) is 0 Å². The summed E-state index contributed by atoms with van der Waals surface area (Å²) in [5.41, 5.74) is 1.45. The van der Waals surface area contributed by atoms with Gasteiger partial charge in [0.25, 0.3) is 0 Å². The molecular weight excluding hydrogens is 421 g/mol. The van der Waals surface area contributed by atoms with Gasteiger partial charge >= 0.3 is 6.18 Å². The molecule has 7 nitrogen and oxygen atoms in total. The van der Waals surface area contributed by atoms with Gasteiger partial charge in [0.05, 0.1) is 17.8 Å². The van der Waals surface area contributed by atoms with Crippen molar-refractivity contribution in [2.75, 3.05) is 31.1 Å². The number of aromatic nitrogens is 3. The maximum Gasteiger partial charge on any atom is 0.417 e. The number of fused-ring (bicyclic) bond motifs is 1. The molecule has 0 bridgehead atoms. The van der Waals surface area contributed by atoms with E-state index in [1.165, 1.54) is 6.07 Å². The molecule has 0 aliphatic carbocycles. The van der Waals surface area contributed by atoms with Crippen molar-refractivity contribution in [2.45, 2.75) is 58.5 Å². The first-order valence-corrected chi connectivity index (χ1v) is 11.0. The van der Waals surface area contributed by atoms with Gasteiger partial charge in [-0.3, -0.25) is 14.4 Å². The highest BCUT2D eigenvalue weighted by molar-refractivity contribution is 5.78. The molecule has 2 aliphatic heterocycles. The molecule has 4 heterocycles. The molecule has 0 saturated carbocycles. The predicted molar refractivity (Wildman–Crippen MR) is 114 cm³/mol. The van der Waals surface area contributed by atoms with Gasteiger partial charge in [0.1, 0.15) is 5.82 Å². The number of pyridine rings is 1. The van der Waals surface area contributed by atoms with Gasteiger partial charge in [0, 0.05) is 69.2 Å². The number of anilines is 1. The number of halogens is 3. The van der Waals surface area contributed by atoms with E-state index in [9.17, 15) is 18.0 Å². The van der Waals surface area contributed by atoms with Crippen molar-refractivity contribution in [3.05, 3.63) is 41.3 Å². The van der Waals surface area contributed by atoms with Gasteiger partial charge in [-0.15, -0.1) is 0 Å². The molecule has 1 fully saturated rings. The summed E-state index contributed by atoms with van der Waals surface area (Å²) in [6, 6.07) is 2.62. The third kappa shape index (κ3) is 4.60. The normalized spacial score (nSPS) is 22.2. The van der Waals surface area contributed by atoms with Crippen molar-refractivity contribution >= 4 is 11.7 Å². The van der Waals surface area contributed by atoms with E-state index in [2.05, 4.69) is 15.0 Å². The predicted octanol–water partition coefficient (Wildman–Crippen LogP) is 2.80. The number of rotatable bonds is 4. The summed E-state index contributed by atoms with van der Waals surface area (Å²) in [5, 5.41) is 4.55. The van der Waals surface area contributed by atoms with Gasteiger partial charge in [0.2, 0.25) is 5.91 Å². The molecule has 1 amide bonds. The van der Waals surface area contributed by atoms with E-state index >= 15 is 0 Å². The maximum atomic E-state index is 13.1. The van der Waals surface area contributed by atoms with Gasteiger partial charge in [0.15, 0.2) is 0 Å². The number of carbonyl (C=O) groups excluding carboxylic acids is 1. The lowest BCUT2D eigenvalue weighted by Gasteiger charge is -2.45. The summed E-state index contributed by atoms with van der Waals surface area (Å²) in [6.45, 7) is 9.73. The smallest absolute Gasteiger partial charge is 0.354 e. The molecule has 0 N–H and O–H groups in total. The van der Waals surface area contributed by atoms with E-state index < -0.39 is 11.7 Å². The van der Waals surface area contributed by atoms with Crippen LogP contribution in [0.4, 0.5) is 19.0 Å². The van der Waals surface area contributed by atoms with E-state index in [1.54, 1.807) is 0 Å². The monoisotopic (exact) mass is 450 g/mol. The molecule has 0 aromatic carbocycles. The number of hydrogen-bond acceptors (Lipinski definition) is 5. The lowest BCUT2D eigenvalue weighted by Crippen LogP contribution is -2.59. The Hall–Kier alpha value is -2.62. The van der Waals surface area contributed by atoms with Crippen molar-refractivity contribution in [1.29, 1.82) is 0 Å². The third-order valence-electron chi connectivity index (χ3n) is 6.40. The Balaban J connectivity index is 1.37. The van der Waals surface area contributed by atoms with Crippen molar-refractivity contribution in [2.24, 2.45) is 0 Å². The van der Waals surface area contributed by atoms with E-state index in [0.717, 1.165) is 36.5 Å². The van der Waals surface area contributed by atoms with Crippen molar-refractivity contribution < 1.29 is 18.0 Å². The molecule has 0 radical (unpaired) electrons. The molecule has 2 atom stereocenters. The molecule has 2 aromatic rings. The lowest BCUT2D eigenvalue weighted by molar-refractivity contribution is -0.138. The standard InChI is InChI=1S/C22H29F3N6O/c1-4-30-13-17-12-28(8-7-19(17)27-30)21(32)14-31-15(2)10-29(11-16(31)3)20-6-5-18(9-26-20)22(23,24)25/h5-6,9,13,15-16H,4,7-8,10-12,14H2,1-3H3/t15-,16+. The summed E-state index contributed by atoms with van der Waals surface area (Å²) < 4.78 is 40.4. The largest absolute Gasteiger partial charge is 0.417 e. The van der Waals surface area contributed by atoms with Crippen molar-refractivity contribution in [3.63, 3.8) is 0 Å². The quantitative estimate of drug-likeness (QED) is 0.717. The molecular formula is C22H29F3N6O. The highest BCUT2D eigenvalue weighted by atomic mass is 19.4. The Labute approximate surface area is 185 Å². The number of hydrogen-bond donors (Lipinski definition) is 0. The minimum atomic E-state index is -4.39. The molecule has 2 aromatic heterocycles. The van der Waals surface area contributed by atoms with Crippen LogP contribution in [-0.4, -0.2) is 68.7 Å². The van der Waals surface area contributed by atoms with E-state index in [0.29, 0.717) is 38.5 Å². The first kappa shape index (κ1) is 22.6. The van der Waals surface area contributed by atoms with Crippen LogP contribution in [0.3, 0.4) is 0 Å². The van der Waals surface area contributed by atoms with Gasteiger partial charge in [-0.1, -0.05) is 0 Å². The second-order valence-electron chi connectivity index (χ2n) is 8.70. The maximum absolute atomic E-state index is 13.1. The summed E-state index contributed by atoms with van der Waals surface area (Å²) in [5.74, 6) is 0.624. The highest BCUT2D eigenvalue weighted by Gasteiger charge is 2.34. The van der Waals surface area contributed by atoms with Gasteiger partial charge in [-0.2, -0.15) is 18.3 Å². The Morgan fingerprint density at radius 1 is 1.19 bits per heavy atom. The average molecular weight is 451 g/mol. The zero-order chi connectivity index (χ0) is 23.0. The van der Waals surface area contributed by atoms with E-state index in [-0.39, 0.29) is 18.0 Å². The minimum Gasteiger partial charge on any atom is -0.354 e. The van der Waals surface area contributed by atoms with Gasteiger partial charge < -0.3 is 9.80 Å². The van der Waals surface area contributed by atoms with Gasteiger partial charge in [-0.05, 0) is 32.9 Å². The molecule has 0 spiro atoms. The molecule has 1 saturated heterocycles. The number of piperazine rings is 1. The Morgan fingerprint density at radius 3 is 2.50 bits per heavy atom. The average Bonchev–Trinajstić information content (AvgIpc) is 3.18. The number of carbonyl (C=O) groups is 1. The van der Waals surface area contributed by atoms with Crippen LogP contribution in [0.2, 0.25) is 0 Å². The SMILES string of the molecule is CCn1cc2c(n1)CCN(C(=O)CN1[C@H](C)CN(c3ccc(C(F)(F)F)cn3)C[C@@H]1C)C2. The lowest BCUT2D eigenvalue weighted by atomic mass is 10.1. The molecule has 10 heteroatoms. The van der Waals surface area contributed by atoms with Gasteiger partial charge in [-0.25, -0.2) is 4.98 Å². The summed E-state index contributed by atoms with van der Waals surface area (Å²) in [6.07, 6.45) is -0.718. The summed E-state index contributed by atoms with van der Waals surface area (Å²) >= 11 is 0. The van der Waals surface area contributed by atoms with Crippen LogP contribution in [0, 0.1) is 0 Å². The van der Waals surface area contributed by atoms with Crippen LogP contribution in [0.15, 0.2) is 24.5 Å². The third-order valence-corrected chi connectivity index (χ3v) is 6.40. The van der Waals surface area contributed by atoms with Crippen LogP contribution >= 0.6 is 0 Å². The first-order chi connectivity index (χ1) is 15.2. The van der Waals surface area contributed by atoms with Crippen LogP contribution in [0.5, 0.6) is 0 Å². The second-order valence-corrected chi connectivity index (χ2v) is 8.70. The number of aryl methyl sites for hydroxylation is 1. The van der Waals surface area contributed by atoms with E-state index in [4.69, 9.17) is 0 Å². The first-order valence-electron chi connectivity index (χ1n) is 11.0. The zero-order valence-electron chi connectivity index (χ0n) is 18.6. The topological polar surface area (TPSA) is 57.5 Å². The van der Waals surface area contributed by atoms with Crippen molar-refractivity contribution in [1.82, 2.24) is 24.6 Å². The molecule has 32 heavy (non-hydrogen) atoms. The second kappa shape index (κ2) is 8.73. The molecule has 2 aliphatic rings.